The third-order valence-electron chi connectivity index (χ3n) is 5.69. The molecule has 0 spiro atoms. The van der Waals surface area contributed by atoms with Gasteiger partial charge in [0.2, 0.25) is 17.7 Å². The first-order valence-corrected chi connectivity index (χ1v) is 10.8. The molecule has 2 aromatic carbocycles. The number of nitrogens with zero attached hydrogens (tertiary/aromatic N) is 2. The average molecular weight is 441 g/mol. The van der Waals surface area contributed by atoms with Gasteiger partial charge in [-0.2, -0.15) is 0 Å². The molecule has 31 heavy (non-hydrogen) atoms. The van der Waals surface area contributed by atoms with Gasteiger partial charge < -0.3 is 20.4 Å². The monoisotopic (exact) mass is 440 g/mol. The number of likely N-dealkylation sites (tertiary alicyclic amines) is 1. The smallest absolute Gasteiger partial charge is 0.239 e. The van der Waals surface area contributed by atoms with Crippen molar-refractivity contribution in [1.82, 2.24) is 10.2 Å². The van der Waals surface area contributed by atoms with Gasteiger partial charge in [0.1, 0.15) is 0 Å². The number of carbonyl (C=O) groups is 3. The highest BCUT2D eigenvalue weighted by molar-refractivity contribution is 6.33. The van der Waals surface area contributed by atoms with Crippen molar-refractivity contribution in [3.8, 4) is 0 Å². The molecule has 8 heteroatoms. The Bertz CT molecular complexity index is 982. The zero-order chi connectivity index (χ0) is 21.8. The Hall–Kier alpha value is -3.06. The van der Waals surface area contributed by atoms with E-state index in [1.807, 2.05) is 41.3 Å². The van der Waals surface area contributed by atoms with E-state index in [4.69, 9.17) is 11.6 Å². The van der Waals surface area contributed by atoms with Crippen molar-refractivity contribution in [2.24, 2.45) is 5.92 Å². The summed E-state index contributed by atoms with van der Waals surface area (Å²) < 4.78 is 0. The summed E-state index contributed by atoms with van der Waals surface area (Å²) in [4.78, 5) is 40.4. The van der Waals surface area contributed by atoms with Crippen molar-refractivity contribution in [1.29, 1.82) is 0 Å². The summed E-state index contributed by atoms with van der Waals surface area (Å²) in [5.41, 5.74) is 2.51. The summed E-state index contributed by atoms with van der Waals surface area (Å²) in [6.07, 6.45) is 0.988. The minimum Gasteiger partial charge on any atom is -0.359 e. The second-order valence-corrected chi connectivity index (χ2v) is 8.31. The van der Waals surface area contributed by atoms with Crippen LogP contribution in [-0.4, -0.2) is 55.3 Å². The zero-order valence-corrected chi connectivity index (χ0v) is 17.9. The molecule has 1 atom stereocenters. The van der Waals surface area contributed by atoms with E-state index < -0.39 is 0 Å². The summed E-state index contributed by atoms with van der Waals surface area (Å²) in [7, 11) is 0. The van der Waals surface area contributed by atoms with Crippen molar-refractivity contribution in [3.05, 3.63) is 59.1 Å². The Morgan fingerprint density at radius 2 is 1.97 bits per heavy atom. The van der Waals surface area contributed by atoms with Crippen LogP contribution >= 0.6 is 11.6 Å². The predicted octanol–water partition coefficient (Wildman–Crippen LogP) is 2.31. The molecular weight excluding hydrogens is 416 g/mol. The molecule has 0 aliphatic carbocycles. The van der Waals surface area contributed by atoms with E-state index >= 15 is 0 Å². The SMILES string of the molecule is O=C1CN(c2ccc(NC(=O)C3CC(=O)N(CCc4ccccc4)C3)cc2Cl)CCN1. The standard InChI is InChI=1S/C23H25ClN4O3/c24-19-13-18(6-7-20(19)27-11-9-25-21(29)15-27)26-23(31)17-12-22(30)28(14-17)10-8-16-4-2-1-3-5-16/h1-7,13,17H,8-12,14-15H2,(H,25,29)(H,26,31). The fraction of sp³-hybridized carbons (Fsp3) is 0.348. The van der Waals surface area contributed by atoms with Crippen molar-refractivity contribution < 1.29 is 14.4 Å². The van der Waals surface area contributed by atoms with E-state index in [9.17, 15) is 14.4 Å². The third kappa shape index (κ3) is 5.17. The molecule has 0 radical (unpaired) electrons. The summed E-state index contributed by atoms with van der Waals surface area (Å²) in [6.45, 7) is 2.54. The number of piperazine rings is 1. The second-order valence-electron chi connectivity index (χ2n) is 7.90. The molecule has 2 saturated heterocycles. The van der Waals surface area contributed by atoms with Gasteiger partial charge in [-0.05, 0) is 30.2 Å². The molecule has 0 saturated carbocycles. The van der Waals surface area contributed by atoms with E-state index in [1.165, 1.54) is 5.56 Å². The molecule has 3 amide bonds. The maximum Gasteiger partial charge on any atom is 0.239 e. The number of benzene rings is 2. The van der Waals surface area contributed by atoms with Crippen LogP contribution < -0.4 is 15.5 Å². The Morgan fingerprint density at radius 1 is 1.16 bits per heavy atom. The summed E-state index contributed by atoms with van der Waals surface area (Å²) in [5, 5.41) is 6.13. The lowest BCUT2D eigenvalue weighted by Crippen LogP contribution is -2.47. The number of hydrogen-bond acceptors (Lipinski definition) is 4. The maximum absolute atomic E-state index is 12.7. The van der Waals surface area contributed by atoms with Gasteiger partial charge in [0.05, 0.1) is 23.2 Å². The molecule has 162 valence electrons. The Labute approximate surface area is 186 Å². The van der Waals surface area contributed by atoms with E-state index in [1.54, 1.807) is 17.0 Å². The van der Waals surface area contributed by atoms with Crippen LogP contribution in [0.25, 0.3) is 0 Å². The maximum atomic E-state index is 12.7. The highest BCUT2D eigenvalue weighted by atomic mass is 35.5. The van der Waals surface area contributed by atoms with Crippen LogP contribution in [0, 0.1) is 5.92 Å². The van der Waals surface area contributed by atoms with Gasteiger partial charge in [-0.3, -0.25) is 14.4 Å². The Morgan fingerprint density at radius 3 is 2.71 bits per heavy atom. The summed E-state index contributed by atoms with van der Waals surface area (Å²) in [5.74, 6) is -0.598. The lowest BCUT2D eigenvalue weighted by molar-refractivity contribution is -0.128. The number of hydrogen-bond donors (Lipinski definition) is 2. The molecule has 0 aromatic heterocycles. The lowest BCUT2D eigenvalue weighted by atomic mass is 10.1. The first kappa shape index (κ1) is 21.2. The van der Waals surface area contributed by atoms with Crippen molar-refractivity contribution in [2.45, 2.75) is 12.8 Å². The number of rotatable bonds is 6. The fourth-order valence-corrected chi connectivity index (χ4v) is 4.30. The molecular formula is C23H25ClN4O3. The van der Waals surface area contributed by atoms with Crippen LogP contribution in [0.1, 0.15) is 12.0 Å². The third-order valence-corrected chi connectivity index (χ3v) is 6.00. The van der Waals surface area contributed by atoms with E-state index in [0.717, 1.165) is 12.1 Å². The Kier molecular flexibility index (Phi) is 6.42. The fourth-order valence-electron chi connectivity index (χ4n) is 4.00. The molecule has 2 aliphatic rings. The minimum absolute atomic E-state index is 0.00726. The molecule has 2 heterocycles. The highest BCUT2D eigenvalue weighted by Crippen LogP contribution is 2.30. The number of anilines is 2. The van der Waals surface area contributed by atoms with Gasteiger partial charge in [0, 0.05) is 38.3 Å². The van der Waals surface area contributed by atoms with Crippen LogP contribution in [0.2, 0.25) is 5.02 Å². The van der Waals surface area contributed by atoms with Gasteiger partial charge in [-0.25, -0.2) is 0 Å². The predicted molar refractivity (Wildman–Crippen MR) is 120 cm³/mol. The summed E-state index contributed by atoms with van der Waals surface area (Å²) in [6, 6.07) is 15.3. The van der Waals surface area contributed by atoms with E-state index in [-0.39, 0.29) is 36.6 Å². The van der Waals surface area contributed by atoms with Crippen molar-refractivity contribution in [3.63, 3.8) is 0 Å². The average Bonchev–Trinajstić information content (AvgIpc) is 3.14. The van der Waals surface area contributed by atoms with Gasteiger partial charge in [0.25, 0.3) is 0 Å². The Balaban J connectivity index is 1.33. The van der Waals surface area contributed by atoms with Gasteiger partial charge in [-0.15, -0.1) is 0 Å². The van der Waals surface area contributed by atoms with Crippen LogP contribution in [0.5, 0.6) is 0 Å². The molecule has 4 rings (SSSR count). The van der Waals surface area contributed by atoms with Crippen LogP contribution in [0.15, 0.2) is 48.5 Å². The first-order chi connectivity index (χ1) is 15.0. The molecule has 2 fully saturated rings. The van der Waals surface area contributed by atoms with Crippen LogP contribution in [0.4, 0.5) is 11.4 Å². The molecule has 0 bridgehead atoms. The normalized spacial score (nSPS) is 18.8. The topological polar surface area (TPSA) is 81.8 Å². The van der Waals surface area contributed by atoms with Crippen molar-refractivity contribution in [2.75, 3.05) is 42.9 Å². The largest absolute Gasteiger partial charge is 0.359 e. The van der Waals surface area contributed by atoms with E-state index in [2.05, 4.69) is 10.6 Å². The van der Waals surface area contributed by atoms with Crippen LogP contribution in [0.3, 0.4) is 0 Å². The van der Waals surface area contributed by atoms with Gasteiger partial charge >= 0.3 is 0 Å². The first-order valence-electron chi connectivity index (χ1n) is 10.4. The number of amides is 3. The minimum atomic E-state index is -0.382. The molecule has 2 aliphatic heterocycles. The van der Waals surface area contributed by atoms with Gasteiger partial charge in [0.15, 0.2) is 0 Å². The van der Waals surface area contributed by atoms with Crippen molar-refractivity contribution >= 4 is 40.7 Å². The molecule has 7 nitrogen and oxygen atoms in total. The molecule has 2 N–H and O–H groups in total. The molecule has 2 aromatic rings. The second kappa shape index (κ2) is 9.39. The number of halogens is 1. The quantitative estimate of drug-likeness (QED) is 0.722. The van der Waals surface area contributed by atoms with Gasteiger partial charge in [-0.1, -0.05) is 41.9 Å². The number of nitrogens with one attached hydrogen (secondary N) is 2. The zero-order valence-electron chi connectivity index (χ0n) is 17.1. The highest BCUT2D eigenvalue weighted by Gasteiger charge is 2.34. The summed E-state index contributed by atoms with van der Waals surface area (Å²) >= 11 is 6.41. The molecule has 1 unspecified atom stereocenters. The lowest BCUT2D eigenvalue weighted by Gasteiger charge is -2.29. The van der Waals surface area contributed by atoms with Crippen LogP contribution in [-0.2, 0) is 20.8 Å². The number of carbonyl (C=O) groups excluding carboxylic acids is 3. The van der Waals surface area contributed by atoms with E-state index in [0.29, 0.717) is 36.9 Å².